The lowest BCUT2D eigenvalue weighted by Crippen LogP contribution is -2.49. The number of rotatable bonds is 7. The Morgan fingerprint density at radius 1 is 1.26 bits per heavy atom. The molecule has 1 aromatic carbocycles. The summed E-state index contributed by atoms with van der Waals surface area (Å²) in [5.41, 5.74) is -2.66. The fourth-order valence-corrected chi connectivity index (χ4v) is 3.70. The maximum absolute atomic E-state index is 15.6. The number of hydrogen-bond acceptors (Lipinski definition) is 6. The van der Waals surface area contributed by atoms with Crippen molar-refractivity contribution in [1.29, 1.82) is 0 Å². The van der Waals surface area contributed by atoms with E-state index in [4.69, 9.17) is 4.74 Å². The van der Waals surface area contributed by atoms with Crippen molar-refractivity contribution in [1.82, 2.24) is 25.2 Å². The van der Waals surface area contributed by atoms with E-state index >= 15 is 8.78 Å². The highest BCUT2D eigenvalue weighted by Gasteiger charge is 2.59. The molecule has 2 aromatic heterocycles. The molecule has 0 saturated heterocycles. The van der Waals surface area contributed by atoms with Gasteiger partial charge in [-0.15, -0.1) is 5.10 Å². The normalized spacial score (nSPS) is 18.2. The van der Waals surface area contributed by atoms with Crippen molar-refractivity contribution in [2.24, 2.45) is 0 Å². The molecule has 0 aliphatic carbocycles. The molecule has 4 rings (SSSR count). The van der Waals surface area contributed by atoms with Crippen molar-refractivity contribution >= 4 is 0 Å². The third-order valence-electron chi connectivity index (χ3n) is 5.31. The van der Waals surface area contributed by atoms with E-state index in [0.29, 0.717) is 13.0 Å². The second-order valence-electron chi connectivity index (χ2n) is 7.86. The van der Waals surface area contributed by atoms with Crippen LogP contribution in [0.4, 0.5) is 13.2 Å². The Hall–Kier alpha value is -2.85. The SMILES string of the molecule is CC(C)OCCCc1ccc(C(F)(F)C2(O)Cn3nnnc3-c3cc(F)ccc32)nc1. The molecule has 0 amide bonds. The molecule has 3 heterocycles. The van der Waals surface area contributed by atoms with Crippen LogP contribution < -0.4 is 0 Å². The van der Waals surface area contributed by atoms with Gasteiger partial charge in [0.1, 0.15) is 11.5 Å². The molecule has 10 heteroatoms. The van der Waals surface area contributed by atoms with Gasteiger partial charge in [-0.1, -0.05) is 12.1 Å². The number of alkyl halides is 2. The minimum Gasteiger partial charge on any atom is -0.379 e. The Morgan fingerprint density at radius 2 is 2.06 bits per heavy atom. The van der Waals surface area contributed by atoms with Crippen molar-refractivity contribution < 1.29 is 23.0 Å². The van der Waals surface area contributed by atoms with Crippen LogP contribution in [0.25, 0.3) is 11.4 Å². The summed E-state index contributed by atoms with van der Waals surface area (Å²) >= 11 is 0. The van der Waals surface area contributed by atoms with E-state index in [2.05, 4.69) is 20.5 Å². The van der Waals surface area contributed by atoms with Gasteiger partial charge in [0, 0.05) is 23.9 Å². The Kier molecular flexibility index (Phi) is 5.52. The van der Waals surface area contributed by atoms with Crippen LogP contribution in [0, 0.1) is 5.82 Å². The van der Waals surface area contributed by atoms with Gasteiger partial charge < -0.3 is 9.84 Å². The van der Waals surface area contributed by atoms with Crippen molar-refractivity contribution in [3.8, 4) is 11.4 Å². The summed E-state index contributed by atoms with van der Waals surface area (Å²) in [4.78, 5) is 3.93. The first-order valence-corrected chi connectivity index (χ1v) is 9.96. The van der Waals surface area contributed by atoms with Gasteiger partial charge in [-0.05, 0) is 60.9 Å². The van der Waals surface area contributed by atoms with E-state index in [1.165, 1.54) is 12.3 Å². The standard InChI is InChI=1S/C21H22F3N5O2/c1-13(2)31-9-3-4-14-5-8-18(25-11-14)21(23,24)20(30)12-29-19(26-27-28-29)16-10-15(22)6-7-17(16)20/h5-8,10-11,13,30H,3-4,9,12H2,1-2H3. The van der Waals surface area contributed by atoms with Crippen LogP contribution in [0.3, 0.4) is 0 Å². The third-order valence-corrected chi connectivity index (χ3v) is 5.31. The number of nitrogens with zero attached hydrogens (tertiary/aromatic N) is 5. The number of pyridine rings is 1. The number of hydrogen-bond donors (Lipinski definition) is 1. The third kappa shape index (κ3) is 3.81. The summed E-state index contributed by atoms with van der Waals surface area (Å²) < 4.78 is 51.6. The van der Waals surface area contributed by atoms with Gasteiger partial charge in [-0.25, -0.2) is 9.07 Å². The van der Waals surface area contributed by atoms with Gasteiger partial charge in [0.05, 0.1) is 12.6 Å². The van der Waals surface area contributed by atoms with E-state index in [1.807, 2.05) is 13.8 Å². The Morgan fingerprint density at radius 3 is 2.77 bits per heavy atom. The summed E-state index contributed by atoms with van der Waals surface area (Å²) in [6.45, 7) is 3.85. The minimum absolute atomic E-state index is 0.0141. The Balaban J connectivity index is 1.63. The molecule has 1 atom stereocenters. The number of benzene rings is 1. The number of aryl methyl sites for hydroxylation is 1. The fraction of sp³-hybridized carbons (Fsp3) is 0.429. The van der Waals surface area contributed by atoms with Crippen LogP contribution in [0.2, 0.25) is 0 Å². The largest absolute Gasteiger partial charge is 0.379 e. The van der Waals surface area contributed by atoms with Crippen LogP contribution in [0.1, 0.15) is 37.1 Å². The van der Waals surface area contributed by atoms with Gasteiger partial charge >= 0.3 is 5.92 Å². The molecule has 0 saturated carbocycles. The summed E-state index contributed by atoms with van der Waals surface area (Å²) in [6, 6.07) is 5.96. The van der Waals surface area contributed by atoms with Crippen molar-refractivity contribution in [2.75, 3.05) is 6.61 Å². The molecule has 1 unspecified atom stereocenters. The lowest BCUT2D eigenvalue weighted by Gasteiger charge is -2.39. The molecular formula is C21H22F3N5O2. The molecule has 1 aliphatic rings. The van der Waals surface area contributed by atoms with Crippen LogP contribution in [0.5, 0.6) is 0 Å². The van der Waals surface area contributed by atoms with Crippen molar-refractivity contribution in [2.45, 2.75) is 50.9 Å². The van der Waals surface area contributed by atoms with Gasteiger partial charge in [-0.3, -0.25) is 4.98 Å². The van der Waals surface area contributed by atoms with Crippen molar-refractivity contribution in [3.05, 3.63) is 59.2 Å². The van der Waals surface area contributed by atoms with E-state index in [1.54, 1.807) is 6.07 Å². The van der Waals surface area contributed by atoms with E-state index in [0.717, 1.165) is 34.9 Å². The zero-order valence-electron chi connectivity index (χ0n) is 17.1. The Labute approximate surface area is 176 Å². The number of ether oxygens (including phenoxy) is 1. The fourth-order valence-electron chi connectivity index (χ4n) is 3.70. The monoisotopic (exact) mass is 433 g/mol. The number of fused-ring (bicyclic) bond motifs is 3. The highest BCUT2D eigenvalue weighted by Crippen LogP contribution is 2.50. The second kappa shape index (κ2) is 8.01. The molecule has 7 nitrogen and oxygen atoms in total. The molecule has 0 bridgehead atoms. The van der Waals surface area contributed by atoms with Gasteiger partial charge in [-0.2, -0.15) is 8.78 Å². The van der Waals surface area contributed by atoms with E-state index in [-0.39, 0.29) is 23.1 Å². The average Bonchev–Trinajstić information content (AvgIpc) is 3.19. The van der Waals surface area contributed by atoms with Gasteiger partial charge in [0.2, 0.25) is 0 Å². The smallest absolute Gasteiger partial charge is 0.323 e. The summed E-state index contributed by atoms with van der Waals surface area (Å²) in [5, 5.41) is 22.1. The maximum atomic E-state index is 15.6. The first-order chi connectivity index (χ1) is 14.7. The first-order valence-electron chi connectivity index (χ1n) is 9.96. The minimum atomic E-state index is -3.79. The van der Waals surface area contributed by atoms with Crippen molar-refractivity contribution in [3.63, 3.8) is 0 Å². The lowest BCUT2D eigenvalue weighted by molar-refractivity contribution is -0.207. The highest BCUT2D eigenvalue weighted by atomic mass is 19.3. The lowest BCUT2D eigenvalue weighted by atomic mass is 9.80. The molecule has 0 fully saturated rings. The summed E-state index contributed by atoms with van der Waals surface area (Å²) in [6.07, 6.45) is 2.87. The molecule has 1 aliphatic heterocycles. The molecule has 0 spiro atoms. The molecule has 31 heavy (non-hydrogen) atoms. The zero-order valence-corrected chi connectivity index (χ0v) is 17.1. The van der Waals surface area contributed by atoms with Gasteiger partial charge in [0.25, 0.3) is 0 Å². The average molecular weight is 433 g/mol. The van der Waals surface area contributed by atoms with Crippen LogP contribution in [0.15, 0.2) is 36.5 Å². The zero-order chi connectivity index (χ0) is 22.2. The van der Waals surface area contributed by atoms with E-state index < -0.39 is 29.6 Å². The highest BCUT2D eigenvalue weighted by molar-refractivity contribution is 5.64. The summed E-state index contributed by atoms with van der Waals surface area (Å²) in [5.74, 6) is -4.32. The Bertz CT molecular complexity index is 1070. The topological polar surface area (TPSA) is 86.0 Å². The van der Waals surface area contributed by atoms with Crippen LogP contribution >= 0.6 is 0 Å². The number of aromatic nitrogens is 5. The van der Waals surface area contributed by atoms with E-state index in [9.17, 15) is 9.50 Å². The van der Waals surface area contributed by atoms with Gasteiger partial charge in [0.15, 0.2) is 11.4 Å². The summed E-state index contributed by atoms with van der Waals surface area (Å²) in [7, 11) is 0. The number of halogens is 3. The second-order valence-corrected chi connectivity index (χ2v) is 7.86. The quantitative estimate of drug-likeness (QED) is 0.576. The maximum Gasteiger partial charge on any atom is 0.323 e. The van der Waals surface area contributed by atoms with Crippen LogP contribution in [-0.2, 0) is 29.2 Å². The molecule has 0 radical (unpaired) electrons. The molecular weight excluding hydrogens is 411 g/mol. The number of aliphatic hydroxyl groups is 1. The number of tetrazole rings is 1. The predicted molar refractivity (Wildman–Crippen MR) is 105 cm³/mol. The molecule has 3 aromatic rings. The molecule has 1 N–H and O–H groups in total. The predicted octanol–water partition coefficient (Wildman–Crippen LogP) is 3.23. The molecule has 164 valence electrons. The first kappa shape index (κ1) is 21.4. The van der Waals surface area contributed by atoms with Crippen LogP contribution in [-0.4, -0.2) is 43.0 Å².